The summed E-state index contributed by atoms with van der Waals surface area (Å²) < 4.78 is 5.27. The van der Waals surface area contributed by atoms with Gasteiger partial charge in [-0.05, 0) is 72.0 Å². The minimum atomic E-state index is -0.103. The summed E-state index contributed by atoms with van der Waals surface area (Å²) in [5, 5.41) is 2.14. The first kappa shape index (κ1) is 25.5. The maximum absolute atomic E-state index is 14.0. The van der Waals surface area contributed by atoms with Gasteiger partial charge in [0.15, 0.2) is 0 Å². The normalized spacial score (nSPS) is 17.8. The van der Waals surface area contributed by atoms with Gasteiger partial charge in [0.1, 0.15) is 12.3 Å². The van der Waals surface area contributed by atoms with E-state index >= 15 is 0 Å². The first-order chi connectivity index (χ1) is 18.0. The Morgan fingerprint density at radius 1 is 1.00 bits per heavy atom. The van der Waals surface area contributed by atoms with Crippen molar-refractivity contribution in [1.82, 2.24) is 9.80 Å². The van der Waals surface area contributed by atoms with Crippen molar-refractivity contribution in [3.05, 3.63) is 87.1 Å². The van der Waals surface area contributed by atoms with Crippen LogP contribution in [0.15, 0.2) is 60.0 Å². The highest BCUT2D eigenvalue weighted by molar-refractivity contribution is 7.10. The van der Waals surface area contributed by atoms with Gasteiger partial charge in [0.05, 0.1) is 19.6 Å². The van der Waals surface area contributed by atoms with Crippen molar-refractivity contribution in [1.29, 1.82) is 0 Å². The molecular weight excluding hydrogens is 480 g/mol. The quantitative estimate of drug-likeness (QED) is 0.390. The standard InChI is InChI=1S/C31H36N2O3S/c1-22-8-6-7-11-26(22)31-27-17-19-37-28(27)16-18-32(31)30(35)21-33(24-9-4-3-5-10-24)29(34)20-23-12-14-25(36-2)15-13-23/h6-8,11-15,17,19,24,31H,3-5,9-10,16,18,20-21H2,1-2H3/t31-/m0/s1. The first-order valence-corrected chi connectivity index (χ1v) is 14.3. The molecule has 5 nitrogen and oxygen atoms in total. The van der Waals surface area contributed by atoms with Crippen molar-refractivity contribution in [2.75, 3.05) is 20.2 Å². The summed E-state index contributed by atoms with van der Waals surface area (Å²) in [7, 11) is 1.64. The van der Waals surface area contributed by atoms with E-state index < -0.39 is 0 Å². The molecule has 37 heavy (non-hydrogen) atoms. The molecule has 2 aromatic carbocycles. The minimum Gasteiger partial charge on any atom is -0.497 e. The van der Waals surface area contributed by atoms with E-state index in [-0.39, 0.29) is 30.4 Å². The largest absolute Gasteiger partial charge is 0.497 e. The Bertz CT molecular complexity index is 1230. The van der Waals surface area contributed by atoms with Crippen LogP contribution in [0.1, 0.15) is 65.3 Å². The number of thiophene rings is 1. The van der Waals surface area contributed by atoms with Gasteiger partial charge in [0.2, 0.25) is 11.8 Å². The number of benzene rings is 2. The predicted molar refractivity (Wildman–Crippen MR) is 148 cm³/mol. The van der Waals surface area contributed by atoms with Crippen molar-refractivity contribution < 1.29 is 14.3 Å². The highest BCUT2D eigenvalue weighted by Crippen LogP contribution is 2.39. The van der Waals surface area contributed by atoms with E-state index in [0.717, 1.165) is 43.4 Å². The lowest BCUT2D eigenvalue weighted by Crippen LogP contribution is -2.50. The molecule has 1 fully saturated rings. The molecule has 0 spiro atoms. The van der Waals surface area contributed by atoms with E-state index in [1.54, 1.807) is 18.4 Å². The Kier molecular flexibility index (Phi) is 7.94. The molecule has 0 saturated heterocycles. The Labute approximate surface area is 224 Å². The molecule has 2 aliphatic rings. The van der Waals surface area contributed by atoms with E-state index in [9.17, 15) is 9.59 Å². The smallest absolute Gasteiger partial charge is 0.243 e. The second-order valence-corrected chi connectivity index (χ2v) is 11.2. The van der Waals surface area contributed by atoms with Gasteiger partial charge < -0.3 is 14.5 Å². The van der Waals surface area contributed by atoms with Crippen LogP contribution in [0.4, 0.5) is 0 Å². The van der Waals surface area contributed by atoms with Crippen molar-refractivity contribution in [3.63, 3.8) is 0 Å². The molecule has 1 aromatic heterocycles. The van der Waals surface area contributed by atoms with Gasteiger partial charge in [-0.2, -0.15) is 0 Å². The molecule has 0 radical (unpaired) electrons. The summed E-state index contributed by atoms with van der Waals surface area (Å²) >= 11 is 1.78. The molecule has 1 aliphatic heterocycles. The Hall–Kier alpha value is -3.12. The van der Waals surface area contributed by atoms with Crippen molar-refractivity contribution in [2.24, 2.45) is 0 Å². The van der Waals surface area contributed by atoms with E-state index in [1.165, 1.54) is 28.0 Å². The molecule has 6 heteroatoms. The van der Waals surface area contributed by atoms with Gasteiger partial charge in [0, 0.05) is 17.5 Å². The molecule has 194 valence electrons. The number of carbonyl (C=O) groups excluding carboxylic acids is 2. The average molecular weight is 517 g/mol. The number of aryl methyl sites for hydroxylation is 1. The highest BCUT2D eigenvalue weighted by Gasteiger charge is 2.36. The molecule has 1 saturated carbocycles. The van der Waals surface area contributed by atoms with E-state index in [4.69, 9.17) is 4.74 Å². The first-order valence-electron chi connectivity index (χ1n) is 13.4. The van der Waals surface area contributed by atoms with Gasteiger partial charge in [-0.15, -0.1) is 11.3 Å². The monoisotopic (exact) mass is 516 g/mol. The lowest BCUT2D eigenvalue weighted by Gasteiger charge is -2.40. The zero-order valence-corrected chi connectivity index (χ0v) is 22.6. The summed E-state index contributed by atoms with van der Waals surface area (Å²) in [6.07, 6.45) is 6.52. The number of hydrogen-bond donors (Lipinski definition) is 0. The van der Waals surface area contributed by atoms with E-state index in [2.05, 4.69) is 36.6 Å². The molecule has 2 heterocycles. The van der Waals surface area contributed by atoms with Crippen LogP contribution in [0.3, 0.4) is 0 Å². The lowest BCUT2D eigenvalue weighted by molar-refractivity contribution is -0.144. The molecule has 3 aromatic rings. The van der Waals surface area contributed by atoms with Crippen LogP contribution in [0.2, 0.25) is 0 Å². The van der Waals surface area contributed by atoms with E-state index in [1.807, 2.05) is 40.1 Å². The lowest BCUT2D eigenvalue weighted by atomic mass is 9.90. The second-order valence-electron chi connectivity index (χ2n) is 10.2. The van der Waals surface area contributed by atoms with Crippen LogP contribution in [0, 0.1) is 6.92 Å². The van der Waals surface area contributed by atoms with Gasteiger partial charge in [-0.1, -0.05) is 55.7 Å². The summed E-state index contributed by atoms with van der Waals surface area (Å²) in [4.78, 5) is 33.0. The molecule has 0 bridgehead atoms. The predicted octanol–water partition coefficient (Wildman–Crippen LogP) is 5.94. The fourth-order valence-electron chi connectivity index (χ4n) is 5.88. The molecular formula is C31H36N2O3S. The Balaban J connectivity index is 1.40. The van der Waals surface area contributed by atoms with Crippen LogP contribution >= 0.6 is 11.3 Å². The second kappa shape index (κ2) is 11.5. The van der Waals surface area contributed by atoms with Gasteiger partial charge in [-0.3, -0.25) is 9.59 Å². The fraction of sp³-hybridized carbons (Fsp3) is 0.419. The summed E-state index contributed by atoms with van der Waals surface area (Å²) in [6.45, 7) is 2.93. The third kappa shape index (κ3) is 5.59. The number of ether oxygens (including phenoxy) is 1. The average Bonchev–Trinajstić information content (AvgIpc) is 3.41. The fourth-order valence-corrected chi connectivity index (χ4v) is 6.79. The van der Waals surface area contributed by atoms with Crippen molar-refractivity contribution in [3.8, 4) is 5.75 Å². The SMILES string of the molecule is COc1ccc(CC(=O)N(CC(=O)N2CCc3sccc3[C@@H]2c2ccccc2C)C2CCCCC2)cc1. The number of carbonyl (C=O) groups is 2. The number of rotatable bonds is 7. The maximum atomic E-state index is 14.0. The molecule has 1 aliphatic carbocycles. The number of hydrogen-bond acceptors (Lipinski definition) is 4. The van der Waals surface area contributed by atoms with Gasteiger partial charge >= 0.3 is 0 Å². The van der Waals surface area contributed by atoms with Gasteiger partial charge in [-0.25, -0.2) is 0 Å². The maximum Gasteiger partial charge on any atom is 0.243 e. The molecule has 0 N–H and O–H groups in total. The van der Waals surface area contributed by atoms with Crippen LogP contribution in [-0.4, -0.2) is 47.9 Å². The summed E-state index contributed by atoms with van der Waals surface area (Å²) in [6, 6.07) is 18.2. The number of amides is 2. The highest BCUT2D eigenvalue weighted by atomic mass is 32.1. The van der Waals surface area contributed by atoms with Crippen molar-refractivity contribution in [2.45, 2.75) is 64.0 Å². The Morgan fingerprint density at radius 3 is 2.49 bits per heavy atom. The third-order valence-electron chi connectivity index (χ3n) is 7.93. The van der Waals surface area contributed by atoms with Crippen LogP contribution < -0.4 is 4.74 Å². The summed E-state index contributed by atoms with van der Waals surface area (Å²) in [5.74, 6) is 0.848. The minimum absolute atomic E-state index is 0.0334. The number of nitrogens with zero attached hydrogens (tertiary/aromatic N) is 2. The number of fused-ring (bicyclic) bond motifs is 1. The molecule has 5 rings (SSSR count). The molecule has 1 atom stereocenters. The van der Waals surface area contributed by atoms with Crippen LogP contribution in [0.25, 0.3) is 0 Å². The van der Waals surface area contributed by atoms with Crippen LogP contribution in [-0.2, 0) is 22.4 Å². The third-order valence-corrected chi connectivity index (χ3v) is 8.92. The zero-order valence-electron chi connectivity index (χ0n) is 21.8. The van der Waals surface area contributed by atoms with E-state index in [0.29, 0.717) is 13.0 Å². The number of methoxy groups -OCH3 is 1. The molecule has 2 amide bonds. The van der Waals surface area contributed by atoms with Gasteiger partial charge in [0.25, 0.3) is 0 Å². The zero-order chi connectivity index (χ0) is 25.8. The summed E-state index contributed by atoms with van der Waals surface area (Å²) in [5.41, 5.74) is 4.53. The van der Waals surface area contributed by atoms with Crippen molar-refractivity contribution >= 4 is 23.2 Å². The molecule has 0 unspecified atom stereocenters. The van der Waals surface area contributed by atoms with Crippen LogP contribution in [0.5, 0.6) is 5.75 Å². The topological polar surface area (TPSA) is 49.9 Å². The Morgan fingerprint density at radius 2 is 1.76 bits per heavy atom.